The number of hydrogen-bond acceptors (Lipinski definition) is 6. The van der Waals surface area contributed by atoms with Gasteiger partial charge in [0.25, 0.3) is 5.91 Å². The Hall–Kier alpha value is -3.62. The fraction of sp³-hybridized carbons (Fsp3) is 0.300. The van der Waals surface area contributed by atoms with E-state index in [1.807, 2.05) is 54.6 Å². The summed E-state index contributed by atoms with van der Waals surface area (Å²) >= 11 is 12.3. The lowest BCUT2D eigenvalue weighted by atomic mass is 9.93. The van der Waals surface area contributed by atoms with Crippen molar-refractivity contribution < 1.29 is 18.0 Å². The lowest BCUT2D eigenvalue weighted by Gasteiger charge is -2.48. The number of sulfonamides is 1. The molecule has 0 bridgehead atoms. The van der Waals surface area contributed by atoms with E-state index in [-0.39, 0.29) is 28.8 Å². The van der Waals surface area contributed by atoms with Crippen molar-refractivity contribution in [2.75, 3.05) is 30.7 Å². The molecular weight excluding hydrogens is 597 g/mol. The summed E-state index contributed by atoms with van der Waals surface area (Å²) in [6.07, 6.45) is 1.45. The van der Waals surface area contributed by atoms with Crippen LogP contribution in [0.3, 0.4) is 0 Å². The molecule has 1 atom stereocenters. The molecule has 12 heteroatoms. The van der Waals surface area contributed by atoms with E-state index < -0.39 is 28.0 Å². The molecule has 4 rings (SSSR count). The minimum Gasteiger partial charge on any atom is -0.357 e. The minimum atomic E-state index is -3.81. The molecule has 1 fully saturated rings. The minimum absolute atomic E-state index is 0.0800. The van der Waals surface area contributed by atoms with Crippen molar-refractivity contribution in [1.82, 2.24) is 15.5 Å². The van der Waals surface area contributed by atoms with Gasteiger partial charge in [-0.1, -0.05) is 54.4 Å². The first-order valence-corrected chi connectivity index (χ1v) is 15.9. The van der Waals surface area contributed by atoms with Crippen LogP contribution < -0.4 is 14.9 Å². The fourth-order valence-corrected chi connectivity index (χ4v) is 6.54. The Balaban J connectivity index is 1.65. The van der Waals surface area contributed by atoms with E-state index >= 15 is 0 Å². The summed E-state index contributed by atoms with van der Waals surface area (Å²) in [4.78, 5) is 27.3. The summed E-state index contributed by atoms with van der Waals surface area (Å²) < 4.78 is 27.5. The van der Waals surface area contributed by atoms with Crippen LogP contribution in [0.5, 0.6) is 0 Å². The van der Waals surface area contributed by atoms with Gasteiger partial charge in [0.1, 0.15) is 6.04 Å². The Labute approximate surface area is 256 Å². The highest BCUT2D eigenvalue weighted by Gasteiger charge is 2.41. The molecule has 1 heterocycles. The van der Waals surface area contributed by atoms with Crippen LogP contribution in [0.4, 0.5) is 5.69 Å². The highest BCUT2D eigenvalue weighted by Crippen LogP contribution is 2.37. The second kappa shape index (κ2) is 13.1. The quantitative estimate of drug-likeness (QED) is 0.344. The van der Waals surface area contributed by atoms with E-state index in [4.69, 9.17) is 23.2 Å². The van der Waals surface area contributed by atoms with Crippen molar-refractivity contribution in [1.29, 1.82) is 5.26 Å². The topological polar surface area (TPSA) is 123 Å². The summed E-state index contributed by atoms with van der Waals surface area (Å²) in [7, 11) is -2.34. The summed E-state index contributed by atoms with van der Waals surface area (Å²) in [5.74, 6) is -0.941. The maximum atomic E-state index is 13.1. The lowest BCUT2D eigenvalue weighted by molar-refractivity contribution is -0.122. The molecule has 0 aromatic heterocycles. The van der Waals surface area contributed by atoms with Gasteiger partial charge in [-0.05, 0) is 60.0 Å². The summed E-state index contributed by atoms with van der Waals surface area (Å²) in [6, 6.07) is 19.9. The highest BCUT2D eigenvalue weighted by atomic mass is 35.5. The second-order valence-electron chi connectivity index (χ2n) is 10.1. The van der Waals surface area contributed by atoms with Gasteiger partial charge in [0, 0.05) is 35.7 Å². The molecule has 42 heavy (non-hydrogen) atoms. The maximum Gasteiger partial charge on any atom is 0.252 e. The number of carbonyl (C=O) groups excluding carboxylic acids is 2. The Morgan fingerprint density at radius 2 is 1.57 bits per heavy atom. The van der Waals surface area contributed by atoms with Crippen molar-refractivity contribution >= 4 is 50.7 Å². The average Bonchev–Trinajstić information content (AvgIpc) is 2.94. The van der Waals surface area contributed by atoms with Crippen LogP contribution in [0.1, 0.15) is 46.4 Å². The van der Waals surface area contributed by atoms with Gasteiger partial charge in [-0.25, -0.2) is 8.42 Å². The number of likely N-dealkylation sites (N-methyl/N-ethyl adjacent to an activating group) is 1. The standard InChI is InChI=1S/C30H31Cl2N5O4S/c1-4-27(30(39)34-2)35-29(38)22-13-19(16-33)14-25(15-22)37(42(3,40)41)26-17-36(18-26)28(20-5-9-23(31)10-6-20)21-7-11-24(32)12-8-21/h5-15,26-28H,4,17-18H2,1-3H3,(H,34,39)(H,35,38)/t27-/m0/s1. The highest BCUT2D eigenvalue weighted by molar-refractivity contribution is 7.92. The van der Waals surface area contributed by atoms with Crippen molar-refractivity contribution in [3.8, 4) is 6.07 Å². The molecule has 0 spiro atoms. The third-order valence-corrected chi connectivity index (χ3v) is 8.88. The van der Waals surface area contributed by atoms with Gasteiger partial charge in [0.05, 0.1) is 35.7 Å². The van der Waals surface area contributed by atoms with E-state index in [2.05, 4.69) is 15.5 Å². The Morgan fingerprint density at radius 3 is 2.02 bits per heavy atom. The van der Waals surface area contributed by atoms with Crippen molar-refractivity contribution in [2.45, 2.75) is 31.5 Å². The summed E-state index contributed by atoms with van der Waals surface area (Å²) in [5, 5.41) is 16.1. The Kier molecular flexibility index (Phi) is 9.79. The molecular formula is C30H31Cl2N5O4S. The van der Waals surface area contributed by atoms with E-state index in [1.54, 1.807) is 6.92 Å². The number of hydrogen-bond donors (Lipinski definition) is 2. The van der Waals surface area contributed by atoms with Crippen molar-refractivity contribution in [3.63, 3.8) is 0 Å². The molecule has 3 aromatic carbocycles. The monoisotopic (exact) mass is 627 g/mol. The number of carbonyl (C=O) groups is 2. The third kappa shape index (κ3) is 7.05. The molecule has 2 N–H and O–H groups in total. The lowest BCUT2D eigenvalue weighted by Crippen LogP contribution is -2.61. The maximum absolute atomic E-state index is 13.1. The normalized spacial score (nSPS) is 14.5. The largest absolute Gasteiger partial charge is 0.357 e. The van der Waals surface area contributed by atoms with Crippen LogP contribution in [0, 0.1) is 11.3 Å². The number of nitrogens with zero attached hydrogens (tertiary/aromatic N) is 3. The molecule has 1 aliphatic heterocycles. The first kappa shape index (κ1) is 31.3. The van der Waals surface area contributed by atoms with Gasteiger partial charge in [0.2, 0.25) is 15.9 Å². The van der Waals surface area contributed by atoms with Gasteiger partial charge in [-0.3, -0.25) is 18.8 Å². The number of amides is 2. The molecule has 220 valence electrons. The van der Waals surface area contributed by atoms with Gasteiger partial charge < -0.3 is 10.6 Å². The van der Waals surface area contributed by atoms with Gasteiger partial charge in [0.15, 0.2) is 0 Å². The molecule has 0 aliphatic carbocycles. The zero-order chi connectivity index (χ0) is 30.6. The summed E-state index contributed by atoms with van der Waals surface area (Å²) in [6.45, 7) is 2.53. The first-order valence-electron chi connectivity index (χ1n) is 13.3. The zero-order valence-corrected chi connectivity index (χ0v) is 25.7. The third-order valence-electron chi connectivity index (χ3n) is 7.16. The van der Waals surface area contributed by atoms with E-state index in [0.29, 0.717) is 29.6 Å². The van der Waals surface area contributed by atoms with Crippen LogP contribution in [0.2, 0.25) is 10.0 Å². The van der Waals surface area contributed by atoms with Crippen LogP contribution in [0.15, 0.2) is 66.7 Å². The molecule has 0 unspecified atom stereocenters. The van der Waals surface area contributed by atoms with Crippen LogP contribution in [-0.2, 0) is 14.8 Å². The molecule has 0 radical (unpaired) electrons. The predicted molar refractivity (Wildman–Crippen MR) is 164 cm³/mol. The zero-order valence-electron chi connectivity index (χ0n) is 23.3. The molecule has 3 aromatic rings. The molecule has 1 saturated heterocycles. The first-order chi connectivity index (χ1) is 19.9. The number of anilines is 1. The van der Waals surface area contributed by atoms with E-state index in [1.165, 1.54) is 29.6 Å². The Bertz CT molecular complexity index is 1560. The Morgan fingerprint density at radius 1 is 1.02 bits per heavy atom. The molecule has 0 saturated carbocycles. The van der Waals surface area contributed by atoms with Crippen LogP contribution >= 0.6 is 23.2 Å². The van der Waals surface area contributed by atoms with Crippen LogP contribution in [-0.4, -0.2) is 63.6 Å². The molecule has 2 amide bonds. The van der Waals surface area contributed by atoms with E-state index in [0.717, 1.165) is 17.4 Å². The van der Waals surface area contributed by atoms with Crippen molar-refractivity contribution in [2.24, 2.45) is 0 Å². The second-order valence-corrected chi connectivity index (χ2v) is 12.8. The number of rotatable bonds is 10. The number of likely N-dealkylation sites (tertiary alicyclic amines) is 1. The molecule has 1 aliphatic rings. The van der Waals surface area contributed by atoms with E-state index in [9.17, 15) is 23.3 Å². The number of nitriles is 1. The van der Waals surface area contributed by atoms with Crippen LogP contribution in [0.25, 0.3) is 0 Å². The van der Waals surface area contributed by atoms with Gasteiger partial charge in [-0.15, -0.1) is 0 Å². The number of halogens is 2. The fourth-order valence-electron chi connectivity index (χ4n) is 5.13. The van der Waals surface area contributed by atoms with Gasteiger partial charge >= 0.3 is 0 Å². The van der Waals surface area contributed by atoms with Crippen molar-refractivity contribution in [3.05, 3.63) is 99.0 Å². The number of benzene rings is 3. The SMILES string of the molecule is CC[C@H](NC(=O)c1cc(C#N)cc(N(C2CN(C(c3ccc(Cl)cc3)c3ccc(Cl)cc3)C2)S(C)(=O)=O)c1)C(=O)NC. The summed E-state index contributed by atoms with van der Waals surface area (Å²) in [5.41, 5.74) is 2.37. The smallest absolute Gasteiger partial charge is 0.252 e. The predicted octanol–water partition coefficient (Wildman–Crippen LogP) is 4.36. The number of nitrogens with one attached hydrogen (secondary N) is 2. The average molecular weight is 629 g/mol. The molecule has 9 nitrogen and oxygen atoms in total. The van der Waals surface area contributed by atoms with Gasteiger partial charge in [-0.2, -0.15) is 5.26 Å².